The van der Waals surface area contributed by atoms with Gasteiger partial charge in [0.15, 0.2) is 0 Å². The van der Waals surface area contributed by atoms with Crippen molar-refractivity contribution in [3.05, 3.63) is 59.9 Å². The number of benzene rings is 1. The second-order valence-corrected chi connectivity index (χ2v) is 7.86. The lowest BCUT2D eigenvalue weighted by Gasteiger charge is -2.33. The van der Waals surface area contributed by atoms with Gasteiger partial charge in [-0.1, -0.05) is 30.3 Å². The first-order valence-corrected chi connectivity index (χ1v) is 10.3. The minimum absolute atomic E-state index is 0.267. The first kappa shape index (κ1) is 18.2. The SMILES string of the molecule is O=C1CCCc2ncccc2N1CCC1CCN(Cc2ccccc2)CC1. The van der Waals surface area contributed by atoms with Crippen LogP contribution in [0, 0.1) is 5.92 Å². The maximum Gasteiger partial charge on any atom is 0.227 e. The fourth-order valence-electron chi connectivity index (χ4n) is 4.38. The molecule has 2 aromatic rings. The largest absolute Gasteiger partial charge is 0.311 e. The Morgan fingerprint density at radius 1 is 1.00 bits per heavy atom. The van der Waals surface area contributed by atoms with Crippen LogP contribution >= 0.6 is 0 Å². The van der Waals surface area contributed by atoms with Gasteiger partial charge in [0, 0.05) is 25.7 Å². The molecule has 142 valence electrons. The van der Waals surface area contributed by atoms with E-state index in [1.54, 1.807) is 0 Å². The van der Waals surface area contributed by atoms with Crippen LogP contribution in [0.15, 0.2) is 48.7 Å². The summed E-state index contributed by atoms with van der Waals surface area (Å²) in [6.07, 6.45) is 7.87. The van der Waals surface area contributed by atoms with Crippen molar-refractivity contribution in [3.8, 4) is 0 Å². The molecule has 1 fully saturated rings. The third-order valence-corrected chi connectivity index (χ3v) is 5.98. The number of piperidine rings is 1. The van der Waals surface area contributed by atoms with Crippen molar-refractivity contribution in [2.45, 2.75) is 45.1 Å². The summed E-state index contributed by atoms with van der Waals surface area (Å²) in [7, 11) is 0. The van der Waals surface area contributed by atoms with Crippen LogP contribution in [0.25, 0.3) is 0 Å². The van der Waals surface area contributed by atoms with E-state index in [1.807, 2.05) is 17.2 Å². The highest BCUT2D eigenvalue weighted by Crippen LogP contribution is 2.28. The molecular formula is C23H29N3O. The Kier molecular flexibility index (Phi) is 5.83. The standard InChI is InChI=1S/C23H29N3O/c27-23-10-4-8-21-22(9-5-14-24-21)26(23)17-13-19-11-15-25(16-12-19)18-20-6-2-1-3-7-20/h1-3,5-7,9,14,19H,4,8,10-13,15-18H2. The summed E-state index contributed by atoms with van der Waals surface area (Å²) in [4.78, 5) is 21.7. The molecule has 4 heteroatoms. The fraction of sp³-hybridized carbons (Fsp3) is 0.478. The molecule has 0 saturated carbocycles. The maximum absolute atomic E-state index is 12.6. The van der Waals surface area contributed by atoms with E-state index < -0.39 is 0 Å². The van der Waals surface area contributed by atoms with Gasteiger partial charge in [-0.25, -0.2) is 0 Å². The molecule has 0 bridgehead atoms. The number of hydrogen-bond acceptors (Lipinski definition) is 3. The number of nitrogens with zero attached hydrogens (tertiary/aromatic N) is 3. The van der Waals surface area contributed by atoms with E-state index in [4.69, 9.17) is 0 Å². The minimum Gasteiger partial charge on any atom is -0.311 e. The lowest BCUT2D eigenvalue weighted by atomic mass is 9.93. The second kappa shape index (κ2) is 8.66. The summed E-state index contributed by atoms with van der Waals surface area (Å²) in [5, 5.41) is 0. The third kappa shape index (κ3) is 4.56. The van der Waals surface area contributed by atoms with Gasteiger partial charge < -0.3 is 4.90 Å². The molecule has 1 saturated heterocycles. The Morgan fingerprint density at radius 2 is 1.81 bits per heavy atom. The Hall–Kier alpha value is -2.20. The Morgan fingerprint density at radius 3 is 2.63 bits per heavy atom. The lowest BCUT2D eigenvalue weighted by molar-refractivity contribution is -0.118. The molecule has 1 amide bonds. The fourth-order valence-corrected chi connectivity index (χ4v) is 4.38. The zero-order chi connectivity index (χ0) is 18.5. The van der Waals surface area contributed by atoms with Crippen LogP contribution in [-0.4, -0.2) is 35.4 Å². The molecule has 27 heavy (non-hydrogen) atoms. The van der Waals surface area contributed by atoms with Gasteiger partial charge >= 0.3 is 0 Å². The predicted molar refractivity (Wildman–Crippen MR) is 109 cm³/mol. The van der Waals surface area contributed by atoms with E-state index in [0.29, 0.717) is 12.3 Å². The maximum atomic E-state index is 12.6. The first-order valence-electron chi connectivity index (χ1n) is 10.3. The molecule has 4 rings (SSSR count). The van der Waals surface area contributed by atoms with Crippen LogP contribution in [0.3, 0.4) is 0 Å². The normalized spacial score (nSPS) is 19.0. The van der Waals surface area contributed by atoms with E-state index in [1.165, 1.54) is 18.4 Å². The number of rotatable bonds is 5. The summed E-state index contributed by atoms with van der Waals surface area (Å²) < 4.78 is 0. The van der Waals surface area contributed by atoms with Crippen molar-refractivity contribution in [2.75, 3.05) is 24.5 Å². The van der Waals surface area contributed by atoms with Crippen LogP contribution in [0.4, 0.5) is 5.69 Å². The first-order chi connectivity index (χ1) is 13.3. The van der Waals surface area contributed by atoms with Crippen LogP contribution < -0.4 is 4.90 Å². The molecule has 1 aromatic heterocycles. The lowest BCUT2D eigenvalue weighted by Crippen LogP contribution is -2.36. The number of carbonyl (C=O) groups excluding carboxylic acids is 1. The topological polar surface area (TPSA) is 36.4 Å². The number of anilines is 1. The summed E-state index contributed by atoms with van der Waals surface area (Å²) in [6.45, 7) is 4.20. The summed E-state index contributed by atoms with van der Waals surface area (Å²) >= 11 is 0. The molecule has 2 aliphatic heterocycles. The van der Waals surface area contributed by atoms with Crippen molar-refractivity contribution in [1.29, 1.82) is 0 Å². The Labute approximate surface area is 162 Å². The molecule has 1 aromatic carbocycles. The average Bonchev–Trinajstić information content (AvgIpc) is 2.86. The number of aromatic nitrogens is 1. The zero-order valence-corrected chi connectivity index (χ0v) is 16.0. The molecule has 0 radical (unpaired) electrons. The van der Waals surface area contributed by atoms with Crippen molar-refractivity contribution in [3.63, 3.8) is 0 Å². The van der Waals surface area contributed by atoms with Crippen molar-refractivity contribution in [1.82, 2.24) is 9.88 Å². The Bertz CT molecular complexity index is 753. The average molecular weight is 364 g/mol. The number of carbonyl (C=O) groups is 1. The molecule has 4 nitrogen and oxygen atoms in total. The van der Waals surface area contributed by atoms with Gasteiger partial charge in [-0.2, -0.15) is 0 Å². The van der Waals surface area contributed by atoms with Gasteiger partial charge in [-0.3, -0.25) is 14.7 Å². The summed E-state index contributed by atoms with van der Waals surface area (Å²) in [5.74, 6) is 0.983. The monoisotopic (exact) mass is 363 g/mol. The van der Waals surface area contributed by atoms with Crippen molar-refractivity contribution in [2.24, 2.45) is 5.92 Å². The second-order valence-electron chi connectivity index (χ2n) is 7.86. The Balaban J connectivity index is 1.30. The summed E-state index contributed by atoms with van der Waals surface area (Å²) in [6, 6.07) is 14.7. The number of hydrogen-bond donors (Lipinski definition) is 0. The van der Waals surface area contributed by atoms with Gasteiger partial charge in [0.25, 0.3) is 0 Å². The van der Waals surface area contributed by atoms with Gasteiger partial charge in [0.2, 0.25) is 5.91 Å². The number of amides is 1. The van der Waals surface area contributed by atoms with Crippen LogP contribution in [0.5, 0.6) is 0 Å². The van der Waals surface area contributed by atoms with Crippen molar-refractivity contribution >= 4 is 11.6 Å². The smallest absolute Gasteiger partial charge is 0.227 e. The van der Waals surface area contributed by atoms with Crippen LogP contribution in [0.1, 0.15) is 43.4 Å². The third-order valence-electron chi connectivity index (χ3n) is 5.98. The van der Waals surface area contributed by atoms with Gasteiger partial charge in [-0.15, -0.1) is 0 Å². The minimum atomic E-state index is 0.267. The zero-order valence-electron chi connectivity index (χ0n) is 16.0. The molecular weight excluding hydrogens is 334 g/mol. The molecule has 2 aliphatic rings. The van der Waals surface area contributed by atoms with Gasteiger partial charge in [0.1, 0.15) is 0 Å². The highest BCUT2D eigenvalue weighted by Gasteiger charge is 2.25. The molecule has 0 N–H and O–H groups in total. The molecule has 0 unspecified atom stereocenters. The number of pyridine rings is 1. The van der Waals surface area contributed by atoms with E-state index in [0.717, 1.165) is 56.8 Å². The number of fused-ring (bicyclic) bond motifs is 1. The molecule has 0 spiro atoms. The van der Waals surface area contributed by atoms with E-state index in [2.05, 4.69) is 46.3 Å². The van der Waals surface area contributed by atoms with Crippen LogP contribution in [-0.2, 0) is 17.8 Å². The molecule has 0 aliphatic carbocycles. The van der Waals surface area contributed by atoms with E-state index in [9.17, 15) is 4.79 Å². The molecule has 3 heterocycles. The van der Waals surface area contributed by atoms with Crippen LogP contribution in [0.2, 0.25) is 0 Å². The van der Waals surface area contributed by atoms with Crippen molar-refractivity contribution < 1.29 is 4.79 Å². The van der Waals surface area contributed by atoms with Gasteiger partial charge in [0.05, 0.1) is 11.4 Å². The predicted octanol–water partition coefficient (Wildman–Crippen LogP) is 4.05. The summed E-state index contributed by atoms with van der Waals surface area (Å²) in [5.41, 5.74) is 3.53. The quantitative estimate of drug-likeness (QED) is 0.804. The van der Waals surface area contributed by atoms with E-state index >= 15 is 0 Å². The highest BCUT2D eigenvalue weighted by atomic mass is 16.2. The number of likely N-dealkylation sites (tertiary alicyclic amines) is 1. The number of aryl methyl sites for hydroxylation is 1. The van der Waals surface area contributed by atoms with E-state index in [-0.39, 0.29) is 5.91 Å². The highest BCUT2D eigenvalue weighted by molar-refractivity contribution is 5.94. The molecule has 0 atom stereocenters. The van der Waals surface area contributed by atoms with Gasteiger partial charge in [-0.05, 0) is 68.8 Å².